The van der Waals surface area contributed by atoms with Gasteiger partial charge in [-0.25, -0.2) is 0 Å². The molecule has 1 heterocycles. The molecule has 1 unspecified atom stereocenters. The second kappa shape index (κ2) is 7.31. The molecule has 0 amide bonds. The lowest BCUT2D eigenvalue weighted by Gasteiger charge is -2.27. The first-order valence-electron chi connectivity index (χ1n) is 7.56. The molecule has 0 aromatic heterocycles. The third-order valence-electron chi connectivity index (χ3n) is 4.09. The first-order valence-corrected chi connectivity index (χ1v) is 7.56. The third-order valence-corrected chi connectivity index (χ3v) is 4.09. The molecule has 116 valence electrons. The van der Waals surface area contributed by atoms with E-state index in [2.05, 4.69) is 23.9 Å². The van der Waals surface area contributed by atoms with Crippen molar-refractivity contribution in [3.05, 3.63) is 29.8 Å². The molecular formula is C16H25N3O2. The van der Waals surface area contributed by atoms with E-state index in [4.69, 9.17) is 15.7 Å². The van der Waals surface area contributed by atoms with Crippen molar-refractivity contribution in [3.8, 4) is 5.75 Å². The maximum atomic E-state index is 8.62. The zero-order valence-corrected chi connectivity index (χ0v) is 12.8. The van der Waals surface area contributed by atoms with E-state index in [-0.39, 0.29) is 5.84 Å². The quantitative estimate of drug-likeness (QED) is 0.365. The van der Waals surface area contributed by atoms with Gasteiger partial charge in [0.15, 0.2) is 5.84 Å². The summed E-state index contributed by atoms with van der Waals surface area (Å²) in [4.78, 5) is 2.52. The van der Waals surface area contributed by atoms with E-state index in [0.717, 1.165) is 12.3 Å². The molecule has 5 nitrogen and oxygen atoms in total. The van der Waals surface area contributed by atoms with Crippen molar-refractivity contribution < 1.29 is 9.94 Å². The van der Waals surface area contributed by atoms with Gasteiger partial charge in [-0.2, -0.15) is 0 Å². The highest BCUT2D eigenvalue weighted by Crippen LogP contribution is 2.23. The number of benzene rings is 1. The Bertz CT molecular complexity index is 471. The van der Waals surface area contributed by atoms with Crippen molar-refractivity contribution in [2.24, 2.45) is 16.8 Å². The average Bonchev–Trinajstić information content (AvgIpc) is 2.96. The minimum absolute atomic E-state index is 0.110. The Morgan fingerprint density at radius 2 is 2.14 bits per heavy atom. The Morgan fingerprint density at radius 1 is 1.43 bits per heavy atom. The van der Waals surface area contributed by atoms with Gasteiger partial charge < -0.3 is 15.7 Å². The average molecular weight is 291 g/mol. The first kappa shape index (κ1) is 15.6. The van der Waals surface area contributed by atoms with Crippen LogP contribution >= 0.6 is 0 Å². The zero-order chi connectivity index (χ0) is 15.2. The van der Waals surface area contributed by atoms with Crippen molar-refractivity contribution in [2.75, 3.05) is 19.7 Å². The molecule has 0 saturated carbocycles. The fourth-order valence-electron chi connectivity index (χ4n) is 2.94. The standard InChI is InChI=1S/C16H25N3O2/c1-12(2)15-4-3-9-19(15)10-11-21-14-7-5-13(6-8-14)16(17)18-20/h5-8,12,15,20H,3-4,9-11H2,1-2H3,(H2,17,18). The number of rotatable bonds is 6. The fraction of sp³-hybridized carbons (Fsp3) is 0.562. The summed E-state index contributed by atoms with van der Waals surface area (Å²) in [5.41, 5.74) is 6.21. The van der Waals surface area contributed by atoms with Gasteiger partial charge in [-0.15, -0.1) is 0 Å². The Labute approximate surface area is 126 Å². The van der Waals surface area contributed by atoms with Gasteiger partial charge in [0.1, 0.15) is 12.4 Å². The van der Waals surface area contributed by atoms with Gasteiger partial charge in [-0.1, -0.05) is 19.0 Å². The molecule has 0 radical (unpaired) electrons. The van der Waals surface area contributed by atoms with E-state index in [9.17, 15) is 0 Å². The van der Waals surface area contributed by atoms with E-state index in [1.165, 1.54) is 19.4 Å². The van der Waals surface area contributed by atoms with Crippen molar-refractivity contribution in [1.29, 1.82) is 0 Å². The molecule has 0 spiro atoms. The molecule has 0 bridgehead atoms. The summed E-state index contributed by atoms with van der Waals surface area (Å²) >= 11 is 0. The molecule has 1 saturated heterocycles. The van der Waals surface area contributed by atoms with Crippen LogP contribution in [-0.2, 0) is 0 Å². The predicted octanol–water partition coefficient (Wildman–Crippen LogP) is 2.28. The SMILES string of the molecule is CC(C)C1CCCN1CCOc1ccc(C(N)=NO)cc1. The van der Waals surface area contributed by atoms with Gasteiger partial charge in [0.2, 0.25) is 0 Å². The van der Waals surface area contributed by atoms with Gasteiger partial charge in [0, 0.05) is 18.2 Å². The van der Waals surface area contributed by atoms with E-state index in [1.54, 1.807) is 12.1 Å². The maximum absolute atomic E-state index is 8.62. The van der Waals surface area contributed by atoms with Gasteiger partial charge in [-0.05, 0) is 49.6 Å². The van der Waals surface area contributed by atoms with Crippen LogP contribution in [0.1, 0.15) is 32.3 Å². The maximum Gasteiger partial charge on any atom is 0.170 e. The zero-order valence-electron chi connectivity index (χ0n) is 12.8. The highest BCUT2D eigenvalue weighted by molar-refractivity contribution is 5.97. The van der Waals surface area contributed by atoms with Crippen LogP contribution in [0.5, 0.6) is 5.75 Å². The van der Waals surface area contributed by atoms with Crippen LogP contribution in [0.4, 0.5) is 0 Å². The molecule has 1 aromatic rings. The topological polar surface area (TPSA) is 71.1 Å². The Morgan fingerprint density at radius 3 is 2.76 bits per heavy atom. The van der Waals surface area contributed by atoms with Crippen LogP contribution in [0.15, 0.2) is 29.4 Å². The van der Waals surface area contributed by atoms with Crippen molar-refractivity contribution in [2.45, 2.75) is 32.7 Å². The minimum Gasteiger partial charge on any atom is -0.492 e. The molecule has 1 aliphatic rings. The summed E-state index contributed by atoms with van der Waals surface area (Å²) in [5.74, 6) is 1.62. The summed E-state index contributed by atoms with van der Waals surface area (Å²) in [6, 6.07) is 7.96. The van der Waals surface area contributed by atoms with Crippen molar-refractivity contribution in [1.82, 2.24) is 4.90 Å². The van der Waals surface area contributed by atoms with Crippen LogP contribution in [-0.4, -0.2) is 41.7 Å². The lowest BCUT2D eigenvalue weighted by atomic mass is 10.0. The van der Waals surface area contributed by atoms with Gasteiger partial charge in [-0.3, -0.25) is 4.90 Å². The molecule has 3 N–H and O–H groups in total. The molecule has 21 heavy (non-hydrogen) atoms. The van der Waals surface area contributed by atoms with Crippen LogP contribution in [0, 0.1) is 5.92 Å². The van der Waals surface area contributed by atoms with Gasteiger partial charge >= 0.3 is 0 Å². The number of likely N-dealkylation sites (tertiary alicyclic amines) is 1. The van der Waals surface area contributed by atoms with E-state index >= 15 is 0 Å². The van der Waals surface area contributed by atoms with Gasteiger partial charge in [0.05, 0.1) is 0 Å². The Kier molecular flexibility index (Phi) is 5.44. The number of amidine groups is 1. The second-order valence-corrected chi connectivity index (χ2v) is 5.85. The number of nitrogens with zero attached hydrogens (tertiary/aromatic N) is 2. The van der Waals surface area contributed by atoms with Crippen LogP contribution in [0.3, 0.4) is 0 Å². The number of hydrogen-bond acceptors (Lipinski definition) is 4. The smallest absolute Gasteiger partial charge is 0.170 e. The van der Waals surface area contributed by atoms with E-state index in [1.807, 2.05) is 12.1 Å². The molecule has 5 heteroatoms. The summed E-state index contributed by atoms with van der Waals surface area (Å²) < 4.78 is 5.78. The second-order valence-electron chi connectivity index (χ2n) is 5.85. The monoisotopic (exact) mass is 291 g/mol. The molecule has 2 rings (SSSR count). The van der Waals surface area contributed by atoms with Crippen molar-refractivity contribution >= 4 is 5.84 Å². The Balaban J connectivity index is 1.81. The molecule has 0 aliphatic carbocycles. The summed E-state index contributed by atoms with van der Waals surface area (Å²) in [7, 11) is 0. The molecule has 1 fully saturated rings. The van der Waals surface area contributed by atoms with E-state index in [0.29, 0.717) is 24.1 Å². The highest BCUT2D eigenvalue weighted by atomic mass is 16.5. The molecule has 1 aliphatic heterocycles. The highest BCUT2D eigenvalue weighted by Gasteiger charge is 2.26. The number of ether oxygens (including phenoxy) is 1. The lowest BCUT2D eigenvalue weighted by molar-refractivity contribution is 0.168. The largest absolute Gasteiger partial charge is 0.492 e. The lowest BCUT2D eigenvalue weighted by Crippen LogP contribution is -2.36. The number of nitrogens with two attached hydrogens (primary N) is 1. The van der Waals surface area contributed by atoms with Crippen LogP contribution in [0.25, 0.3) is 0 Å². The third kappa shape index (κ3) is 4.11. The van der Waals surface area contributed by atoms with Crippen LogP contribution < -0.4 is 10.5 Å². The molecule has 1 atom stereocenters. The van der Waals surface area contributed by atoms with Crippen molar-refractivity contribution in [3.63, 3.8) is 0 Å². The van der Waals surface area contributed by atoms with Gasteiger partial charge in [0.25, 0.3) is 0 Å². The number of oxime groups is 1. The number of hydrogen-bond donors (Lipinski definition) is 2. The van der Waals surface area contributed by atoms with E-state index < -0.39 is 0 Å². The summed E-state index contributed by atoms with van der Waals surface area (Å²) in [6.07, 6.45) is 2.59. The molecular weight excluding hydrogens is 266 g/mol. The summed E-state index contributed by atoms with van der Waals surface area (Å²) in [5, 5.41) is 11.6. The normalized spacial score (nSPS) is 20.1. The van der Waals surface area contributed by atoms with Crippen LogP contribution in [0.2, 0.25) is 0 Å². The predicted molar refractivity (Wildman–Crippen MR) is 83.9 cm³/mol. The molecule has 1 aromatic carbocycles. The Hall–Kier alpha value is -1.75. The first-order chi connectivity index (χ1) is 10.1. The summed E-state index contributed by atoms with van der Waals surface area (Å²) in [6.45, 7) is 7.40. The minimum atomic E-state index is 0.110. The fourth-order valence-corrected chi connectivity index (χ4v) is 2.94.